The van der Waals surface area contributed by atoms with E-state index in [0.29, 0.717) is 6.61 Å². The first-order chi connectivity index (χ1) is 6.24. The molecule has 0 bridgehead atoms. The van der Waals surface area contributed by atoms with Crippen molar-refractivity contribution in [1.82, 2.24) is 0 Å². The summed E-state index contributed by atoms with van der Waals surface area (Å²) in [6, 6.07) is 0.932. The molecule has 0 aromatic rings. The van der Waals surface area contributed by atoms with Gasteiger partial charge in [-0.05, 0) is 13.3 Å². The van der Waals surface area contributed by atoms with E-state index < -0.39 is 8.80 Å². The first kappa shape index (κ1) is 13.1. The fourth-order valence-corrected chi connectivity index (χ4v) is 3.37. The number of hydrogen-bond acceptors (Lipinski definition) is 3. The van der Waals surface area contributed by atoms with Gasteiger partial charge in [0.2, 0.25) is 0 Å². The van der Waals surface area contributed by atoms with Crippen LogP contribution in [0.2, 0.25) is 6.04 Å². The van der Waals surface area contributed by atoms with Crippen molar-refractivity contribution >= 4 is 8.80 Å². The molecule has 0 aliphatic carbocycles. The standard InChI is InChI=1S/C9H22O3Si/c1-5-7-8-9-13(10-3,11-4)12-6-2/h5-9H2,1-4H3. The van der Waals surface area contributed by atoms with E-state index in [1.165, 1.54) is 12.8 Å². The van der Waals surface area contributed by atoms with Crippen LogP contribution in [-0.4, -0.2) is 29.6 Å². The second-order valence-corrected chi connectivity index (χ2v) is 5.95. The van der Waals surface area contributed by atoms with Crippen LogP contribution in [-0.2, 0) is 13.3 Å². The van der Waals surface area contributed by atoms with Crippen molar-refractivity contribution in [3.05, 3.63) is 0 Å². The summed E-state index contributed by atoms with van der Waals surface area (Å²) in [5.41, 5.74) is 0. The lowest BCUT2D eigenvalue weighted by molar-refractivity contribution is 0.103. The van der Waals surface area contributed by atoms with Crippen LogP contribution in [0.5, 0.6) is 0 Å². The average Bonchev–Trinajstić information content (AvgIpc) is 2.17. The van der Waals surface area contributed by atoms with Gasteiger partial charge in [-0.25, -0.2) is 0 Å². The third kappa shape index (κ3) is 4.76. The van der Waals surface area contributed by atoms with Gasteiger partial charge >= 0.3 is 8.80 Å². The van der Waals surface area contributed by atoms with Gasteiger partial charge in [0.15, 0.2) is 0 Å². The van der Waals surface area contributed by atoms with E-state index in [1.54, 1.807) is 14.2 Å². The van der Waals surface area contributed by atoms with Gasteiger partial charge in [-0.15, -0.1) is 0 Å². The number of hydrogen-bond donors (Lipinski definition) is 0. The molecule has 0 aliphatic heterocycles. The van der Waals surface area contributed by atoms with Crippen LogP contribution in [0.3, 0.4) is 0 Å². The summed E-state index contributed by atoms with van der Waals surface area (Å²) in [4.78, 5) is 0. The minimum atomic E-state index is -2.28. The van der Waals surface area contributed by atoms with Gasteiger partial charge in [-0.3, -0.25) is 0 Å². The molecule has 0 aromatic heterocycles. The number of unbranched alkanes of at least 4 members (excludes halogenated alkanes) is 2. The molecule has 0 heterocycles. The third-order valence-corrected chi connectivity index (χ3v) is 5.01. The maximum Gasteiger partial charge on any atom is 0.500 e. The zero-order chi connectivity index (χ0) is 10.2. The Morgan fingerprint density at radius 2 is 1.62 bits per heavy atom. The van der Waals surface area contributed by atoms with E-state index in [4.69, 9.17) is 13.3 Å². The Morgan fingerprint density at radius 3 is 2.00 bits per heavy atom. The SMILES string of the molecule is CCCCC[Si](OC)(OC)OCC. The summed E-state index contributed by atoms with van der Waals surface area (Å²) >= 11 is 0. The lowest BCUT2D eigenvalue weighted by Gasteiger charge is -2.25. The summed E-state index contributed by atoms with van der Waals surface area (Å²) in [6.07, 6.45) is 3.56. The molecule has 3 nitrogen and oxygen atoms in total. The molecule has 0 spiro atoms. The highest BCUT2D eigenvalue weighted by Crippen LogP contribution is 2.17. The molecule has 0 rings (SSSR count). The third-order valence-electron chi connectivity index (χ3n) is 2.07. The van der Waals surface area contributed by atoms with Crippen LogP contribution in [0.4, 0.5) is 0 Å². The van der Waals surface area contributed by atoms with Gasteiger partial charge in [0.1, 0.15) is 0 Å². The lowest BCUT2D eigenvalue weighted by Crippen LogP contribution is -2.43. The summed E-state index contributed by atoms with van der Waals surface area (Å²) in [6.45, 7) is 4.82. The maximum absolute atomic E-state index is 5.57. The van der Waals surface area contributed by atoms with Gasteiger partial charge in [0.05, 0.1) is 0 Å². The molecule has 0 radical (unpaired) electrons. The normalized spacial score (nSPS) is 12.0. The molecule has 0 saturated heterocycles. The molecule has 0 unspecified atom stereocenters. The van der Waals surface area contributed by atoms with Crippen molar-refractivity contribution in [2.24, 2.45) is 0 Å². The average molecular weight is 206 g/mol. The monoisotopic (exact) mass is 206 g/mol. The molecule has 4 heteroatoms. The van der Waals surface area contributed by atoms with E-state index >= 15 is 0 Å². The molecule has 0 amide bonds. The molecule has 0 aliphatic rings. The second kappa shape index (κ2) is 7.50. The predicted molar refractivity (Wildman–Crippen MR) is 55.7 cm³/mol. The van der Waals surface area contributed by atoms with Crippen molar-refractivity contribution in [3.8, 4) is 0 Å². The summed E-state index contributed by atoms with van der Waals surface area (Å²) in [7, 11) is 1.08. The highest BCUT2D eigenvalue weighted by atomic mass is 28.4. The quantitative estimate of drug-likeness (QED) is 0.451. The summed E-state index contributed by atoms with van der Waals surface area (Å²) in [5, 5.41) is 0. The minimum absolute atomic E-state index is 0.667. The Morgan fingerprint density at radius 1 is 1.00 bits per heavy atom. The molecule has 0 fully saturated rings. The maximum atomic E-state index is 5.57. The van der Waals surface area contributed by atoms with Crippen LogP contribution in [0.25, 0.3) is 0 Å². The van der Waals surface area contributed by atoms with E-state index in [-0.39, 0.29) is 0 Å². The molecule has 80 valence electrons. The summed E-state index contributed by atoms with van der Waals surface area (Å²) < 4.78 is 16.3. The van der Waals surface area contributed by atoms with Crippen molar-refractivity contribution in [1.29, 1.82) is 0 Å². The van der Waals surface area contributed by atoms with E-state index in [2.05, 4.69) is 6.92 Å². The van der Waals surface area contributed by atoms with Gasteiger partial charge in [0, 0.05) is 26.9 Å². The van der Waals surface area contributed by atoms with Crippen LogP contribution in [0, 0.1) is 0 Å². The Bertz CT molecular complexity index is 115. The molecular weight excluding hydrogens is 184 g/mol. The summed E-state index contributed by atoms with van der Waals surface area (Å²) in [5.74, 6) is 0. The number of rotatable bonds is 8. The highest BCUT2D eigenvalue weighted by molar-refractivity contribution is 6.60. The van der Waals surface area contributed by atoms with Crippen molar-refractivity contribution < 1.29 is 13.3 Å². The fraction of sp³-hybridized carbons (Fsp3) is 1.00. The highest BCUT2D eigenvalue weighted by Gasteiger charge is 2.37. The van der Waals surface area contributed by atoms with E-state index in [9.17, 15) is 0 Å². The molecular formula is C9H22O3Si. The van der Waals surface area contributed by atoms with Gasteiger partial charge in [0.25, 0.3) is 0 Å². The minimum Gasteiger partial charge on any atom is -0.377 e. The van der Waals surface area contributed by atoms with E-state index in [0.717, 1.165) is 12.5 Å². The Hall–Kier alpha value is 0.0969. The zero-order valence-corrected chi connectivity index (χ0v) is 10.3. The lowest BCUT2D eigenvalue weighted by atomic mass is 10.3. The second-order valence-electron chi connectivity index (χ2n) is 2.98. The van der Waals surface area contributed by atoms with Crippen molar-refractivity contribution in [2.75, 3.05) is 20.8 Å². The van der Waals surface area contributed by atoms with Gasteiger partial charge < -0.3 is 13.3 Å². The first-order valence-electron chi connectivity index (χ1n) is 4.99. The van der Waals surface area contributed by atoms with Crippen LogP contribution >= 0.6 is 0 Å². The van der Waals surface area contributed by atoms with Crippen LogP contribution < -0.4 is 0 Å². The van der Waals surface area contributed by atoms with Crippen LogP contribution in [0.1, 0.15) is 33.1 Å². The molecule has 0 aromatic carbocycles. The first-order valence-corrected chi connectivity index (χ1v) is 6.92. The Balaban J connectivity index is 3.89. The van der Waals surface area contributed by atoms with Crippen molar-refractivity contribution in [3.63, 3.8) is 0 Å². The fourth-order valence-electron chi connectivity index (χ4n) is 1.29. The van der Waals surface area contributed by atoms with Crippen molar-refractivity contribution in [2.45, 2.75) is 39.2 Å². The predicted octanol–water partition coefficient (Wildman–Crippen LogP) is 2.44. The largest absolute Gasteiger partial charge is 0.500 e. The Kier molecular flexibility index (Phi) is 7.55. The Labute approximate surface area is 82.8 Å². The molecule has 0 N–H and O–H groups in total. The van der Waals surface area contributed by atoms with E-state index in [1.807, 2.05) is 6.92 Å². The smallest absolute Gasteiger partial charge is 0.377 e. The molecule has 13 heavy (non-hydrogen) atoms. The zero-order valence-electron chi connectivity index (χ0n) is 9.26. The van der Waals surface area contributed by atoms with Crippen LogP contribution in [0.15, 0.2) is 0 Å². The van der Waals surface area contributed by atoms with Gasteiger partial charge in [-0.2, -0.15) is 0 Å². The van der Waals surface area contributed by atoms with Gasteiger partial charge in [-0.1, -0.05) is 19.8 Å². The molecule has 0 saturated carbocycles. The topological polar surface area (TPSA) is 27.7 Å². The molecule has 0 atom stereocenters.